The van der Waals surface area contributed by atoms with E-state index in [0.29, 0.717) is 0 Å². The van der Waals surface area contributed by atoms with Crippen LogP contribution in [-0.2, 0) is 12.8 Å². The van der Waals surface area contributed by atoms with Crippen LogP contribution in [-0.4, -0.2) is 0 Å². The number of rotatable bonds is 1. The van der Waals surface area contributed by atoms with Gasteiger partial charge in [-0.25, -0.2) is 0 Å². The minimum Gasteiger partial charge on any atom is -0.0807 e. The summed E-state index contributed by atoms with van der Waals surface area (Å²) in [5.74, 6) is 0. The van der Waals surface area contributed by atoms with Gasteiger partial charge in [-0.1, -0.05) is 37.1 Å². The van der Waals surface area contributed by atoms with Gasteiger partial charge in [-0.2, -0.15) is 0 Å². The number of fused-ring (bicyclic) bond motifs is 1. The molecule has 0 bridgehead atoms. The predicted octanol–water partition coefficient (Wildman–Crippen LogP) is 4.52. The topological polar surface area (TPSA) is 0 Å². The second kappa shape index (κ2) is 4.45. The number of benzene rings is 1. The van der Waals surface area contributed by atoms with Crippen molar-refractivity contribution in [2.75, 3.05) is 0 Å². The highest BCUT2D eigenvalue weighted by atomic mass is 14.2. The molecule has 0 fully saturated rings. The van der Waals surface area contributed by atoms with Gasteiger partial charge in [0.25, 0.3) is 0 Å². The molecule has 0 saturated carbocycles. The first-order chi connectivity index (χ1) is 7.95. The largest absolute Gasteiger partial charge is 0.0807 e. The molecule has 0 aliphatic heterocycles. The van der Waals surface area contributed by atoms with Gasteiger partial charge in [0.15, 0.2) is 0 Å². The van der Waals surface area contributed by atoms with Crippen molar-refractivity contribution in [3.05, 3.63) is 41.0 Å². The van der Waals surface area contributed by atoms with Crippen LogP contribution in [0.15, 0.2) is 24.3 Å². The Morgan fingerprint density at radius 2 is 1.75 bits per heavy atom. The molecule has 0 nitrogen and oxygen atoms in total. The van der Waals surface area contributed by atoms with E-state index in [1.807, 2.05) is 0 Å². The number of hydrogen-bond donors (Lipinski definition) is 0. The smallest absolute Gasteiger partial charge is 0.0193 e. The molecule has 16 heavy (non-hydrogen) atoms. The molecule has 2 aliphatic carbocycles. The summed E-state index contributed by atoms with van der Waals surface area (Å²) in [7, 11) is 0. The zero-order valence-corrected chi connectivity index (χ0v) is 9.97. The average Bonchev–Trinajstić information content (AvgIpc) is 2.19. The van der Waals surface area contributed by atoms with Gasteiger partial charge >= 0.3 is 0 Å². The molecule has 3 rings (SSSR count). The highest BCUT2D eigenvalue weighted by Gasteiger charge is 2.18. The molecular weight excluding hydrogens is 192 g/mol. The summed E-state index contributed by atoms with van der Waals surface area (Å²) in [5.41, 5.74) is 6.46. The molecule has 0 saturated heterocycles. The molecule has 0 heteroatoms. The lowest BCUT2D eigenvalue weighted by molar-refractivity contribution is 0.643. The Kier molecular flexibility index (Phi) is 2.82. The summed E-state index contributed by atoms with van der Waals surface area (Å²) in [6.45, 7) is 0. The van der Waals surface area contributed by atoms with Gasteiger partial charge in [-0.05, 0) is 60.8 Å². The van der Waals surface area contributed by atoms with Crippen molar-refractivity contribution in [1.29, 1.82) is 0 Å². The van der Waals surface area contributed by atoms with Crippen molar-refractivity contribution in [2.45, 2.75) is 51.4 Å². The molecule has 84 valence electrons. The van der Waals surface area contributed by atoms with Crippen molar-refractivity contribution < 1.29 is 0 Å². The SMILES string of the molecule is C1=C(/c2cccc3c2CC3)CCCCCC/1. The van der Waals surface area contributed by atoms with E-state index in [-0.39, 0.29) is 0 Å². The summed E-state index contributed by atoms with van der Waals surface area (Å²) >= 11 is 0. The second-order valence-electron chi connectivity index (χ2n) is 5.13. The van der Waals surface area contributed by atoms with Crippen LogP contribution >= 0.6 is 0 Å². The normalized spacial score (nSPS) is 23.4. The highest BCUT2D eigenvalue weighted by Crippen LogP contribution is 2.34. The zero-order chi connectivity index (χ0) is 10.8. The summed E-state index contributed by atoms with van der Waals surface area (Å²) in [4.78, 5) is 0. The van der Waals surface area contributed by atoms with E-state index in [4.69, 9.17) is 0 Å². The van der Waals surface area contributed by atoms with E-state index in [0.717, 1.165) is 0 Å². The summed E-state index contributed by atoms with van der Waals surface area (Å²) in [6.07, 6.45) is 13.3. The maximum atomic E-state index is 2.51. The Morgan fingerprint density at radius 3 is 2.62 bits per heavy atom. The molecular formula is C16H20. The Hall–Kier alpha value is -1.04. The second-order valence-corrected chi connectivity index (χ2v) is 5.13. The molecule has 0 spiro atoms. The maximum Gasteiger partial charge on any atom is -0.0193 e. The standard InChI is InChI=1S/C16H20/c1-2-4-7-13(8-5-3-1)15-10-6-9-14-11-12-16(14)15/h6-7,9-10H,1-5,8,11-12H2/b13-7+. The summed E-state index contributed by atoms with van der Waals surface area (Å²) < 4.78 is 0. The van der Waals surface area contributed by atoms with E-state index < -0.39 is 0 Å². The van der Waals surface area contributed by atoms with Crippen LogP contribution in [0, 0.1) is 0 Å². The van der Waals surface area contributed by atoms with Gasteiger partial charge in [-0.15, -0.1) is 0 Å². The van der Waals surface area contributed by atoms with Crippen molar-refractivity contribution in [1.82, 2.24) is 0 Å². The molecule has 1 aromatic carbocycles. The number of allylic oxidation sites excluding steroid dienone is 2. The third-order valence-corrected chi connectivity index (χ3v) is 4.05. The fraction of sp³-hybridized carbons (Fsp3) is 0.500. The van der Waals surface area contributed by atoms with Gasteiger partial charge in [-0.3, -0.25) is 0 Å². The Bertz CT molecular complexity index is 412. The number of hydrogen-bond acceptors (Lipinski definition) is 0. The fourth-order valence-electron chi connectivity index (χ4n) is 2.98. The molecule has 0 aromatic heterocycles. The lowest BCUT2D eigenvalue weighted by atomic mass is 9.81. The van der Waals surface area contributed by atoms with E-state index >= 15 is 0 Å². The van der Waals surface area contributed by atoms with E-state index in [2.05, 4.69) is 24.3 Å². The summed E-state index contributed by atoms with van der Waals surface area (Å²) in [6, 6.07) is 6.88. The molecule has 0 amide bonds. The van der Waals surface area contributed by atoms with Gasteiger partial charge < -0.3 is 0 Å². The fourth-order valence-corrected chi connectivity index (χ4v) is 2.98. The monoisotopic (exact) mass is 212 g/mol. The van der Waals surface area contributed by atoms with Crippen molar-refractivity contribution in [2.24, 2.45) is 0 Å². The Morgan fingerprint density at radius 1 is 0.812 bits per heavy atom. The lowest BCUT2D eigenvalue weighted by Gasteiger charge is -2.24. The first kappa shape index (κ1) is 10.1. The first-order valence-corrected chi connectivity index (χ1v) is 6.75. The van der Waals surface area contributed by atoms with Crippen molar-refractivity contribution in [3.8, 4) is 0 Å². The van der Waals surface area contributed by atoms with Crippen LogP contribution in [0.3, 0.4) is 0 Å². The number of aryl methyl sites for hydroxylation is 1. The zero-order valence-electron chi connectivity index (χ0n) is 9.97. The molecule has 0 N–H and O–H groups in total. The minimum atomic E-state index is 1.29. The summed E-state index contributed by atoms with van der Waals surface area (Å²) in [5, 5.41) is 0. The molecule has 0 radical (unpaired) electrons. The third-order valence-electron chi connectivity index (χ3n) is 4.05. The average molecular weight is 212 g/mol. The van der Waals surface area contributed by atoms with Gasteiger partial charge in [0.1, 0.15) is 0 Å². The highest BCUT2D eigenvalue weighted by molar-refractivity contribution is 5.70. The van der Waals surface area contributed by atoms with Crippen LogP contribution < -0.4 is 0 Å². The van der Waals surface area contributed by atoms with Crippen molar-refractivity contribution in [3.63, 3.8) is 0 Å². The minimum absolute atomic E-state index is 1.29. The molecule has 0 unspecified atom stereocenters. The van der Waals surface area contributed by atoms with Crippen molar-refractivity contribution >= 4 is 5.57 Å². The van der Waals surface area contributed by atoms with Crippen LogP contribution in [0.25, 0.3) is 5.57 Å². The quantitative estimate of drug-likeness (QED) is 0.642. The first-order valence-electron chi connectivity index (χ1n) is 6.75. The van der Waals surface area contributed by atoms with Crippen LogP contribution in [0.4, 0.5) is 0 Å². The third kappa shape index (κ3) is 1.81. The van der Waals surface area contributed by atoms with E-state index in [9.17, 15) is 0 Å². The van der Waals surface area contributed by atoms with Crippen LogP contribution in [0.5, 0.6) is 0 Å². The molecule has 2 aliphatic rings. The van der Waals surface area contributed by atoms with E-state index in [1.165, 1.54) is 51.4 Å². The van der Waals surface area contributed by atoms with E-state index in [1.54, 1.807) is 22.3 Å². The molecule has 1 aromatic rings. The van der Waals surface area contributed by atoms with Gasteiger partial charge in [0.05, 0.1) is 0 Å². The molecule has 0 atom stereocenters. The Balaban J connectivity index is 1.92. The Labute approximate surface area is 98.4 Å². The van der Waals surface area contributed by atoms with Gasteiger partial charge in [0.2, 0.25) is 0 Å². The predicted molar refractivity (Wildman–Crippen MR) is 69.5 cm³/mol. The lowest BCUT2D eigenvalue weighted by Crippen LogP contribution is -2.11. The van der Waals surface area contributed by atoms with Gasteiger partial charge in [0, 0.05) is 0 Å². The molecule has 0 heterocycles. The maximum absolute atomic E-state index is 2.51. The van der Waals surface area contributed by atoms with Crippen LogP contribution in [0.1, 0.15) is 55.2 Å². The van der Waals surface area contributed by atoms with Crippen LogP contribution in [0.2, 0.25) is 0 Å².